The van der Waals surface area contributed by atoms with Gasteiger partial charge < -0.3 is 10.6 Å². The van der Waals surface area contributed by atoms with Crippen molar-refractivity contribution in [1.82, 2.24) is 10.0 Å². The number of carbonyl (C=O) groups excluding carboxylic acids is 2. The second-order valence-electron chi connectivity index (χ2n) is 6.07. The number of hydrogen-bond donors (Lipinski definition) is 3. The first-order valence-electron chi connectivity index (χ1n) is 7.99. The maximum Gasteiger partial charge on any atom is 0.328 e. The van der Waals surface area contributed by atoms with E-state index in [1.54, 1.807) is 13.0 Å². The van der Waals surface area contributed by atoms with Crippen LogP contribution in [-0.4, -0.2) is 26.4 Å². The van der Waals surface area contributed by atoms with Crippen LogP contribution in [0.5, 0.6) is 0 Å². The molecular weight excluding hydrogens is 330 g/mol. The summed E-state index contributed by atoms with van der Waals surface area (Å²) in [6.45, 7) is 3.10. The monoisotopic (exact) mass is 353 g/mol. The Morgan fingerprint density at radius 3 is 2.42 bits per heavy atom. The Labute approximate surface area is 142 Å². The molecule has 0 heterocycles. The van der Waals surface area contributed by atoms with Gasteiger partial charge in [0.2, 0.25) is 5.91 Å². The molecule has 1 fully saturated rings. The lowest BCUT2D eigenvalue weighted by molar-refractivity contribution is -0.114. The smallest absolute Gasteiger partial charge is 0.328 e. The quantitative estimate of drug-likeness (QED) is 0.772. The second kappa shape index (κ2) is 7.65. The van der Waals surface area contributed by atoms with E-state index in [4.69, 9.17) is 0 Å². The summed E-state index contributed by atoms with van der Waals surface area (Å²) in [5.41, 5.74) is 1.13. The van der Waals surface area contributed by atoms with E-state index in [2.05, 4.69) is 10.6 Å². The summed E-state index contributed by atoms with van der Waals surface area (Å²) in [4.78, 5) is 23.1. The van der Waals surface area contributed by atoms with Gasteiger partial charge in [0.15, 0.2) is 0 Å². The van der Waals surface area contributed by atoms with Crippen LogP contribution in [0.15, 0.2) is 23.1 Å². The molecule has 132 valence electrons. The lowest BCUT2D eigenvalue weighted by atomic mass is 9.96. The first-order chi connectivity index (χ1) is 11.3. The van der Waals surface area contributed by atoms with Gasteiger partial charge in [-0.05, 0) is 37.5 Å². The normalized spacial score (nSPS) is 15.6. The molecule has 0 bridgehead atoms. The predicted octanol–water partition coefficient (Wildman–Crippen LogP) is 2.27. The third-order valence-corrected chi connectivity index (χ3v) is 5.33. The molecule has 0 saturated heterocycles. The zero-order valence-corrected chi connectivity index (χ0v) is 14.7. The number of rotatable bonds is 4. The summed E-state index contributed by atoms with van der Waals surface area (Å²) in [7, 11) is -4.00. The van der Waals surface area contributed by atoms with Crippen molar-refractivity contribution in [3.05, 3.63) is 23.8 Å². The molecule has 1 aromatic carbocycles. The summed E-state index contributed by atoms with van der Waals surface area (Å²) in [5.74, 6) is -0.296. The van der Waals surface area contributed by atoms with Crippen LogP contribution in [0.1, 0.15) is 44.6 Å². The first-order valence-corrected chi connectivity index (χ1v) is 9.48. The molecule has 24 heavy (non-hydrogen) atoms. The summed E-state index contributed by atoms with van der Waals surface area (Å²) in [6, 6.07) is 3.62. The summed E-state index contributed by atoms with van der Waals surface area (Å²) in [5, 5.41) is 5.28. The molecule has 8 heteroatoms. The lowest BCUT2D eigenvalue weighted by Gasteiger charge is -2.22. The van der Waals surface area contributed by atoms with Crippen molar-refractivity contribution in [2.45, 2.75) is 56.9 Å². The third-order valence-electron chi connectivity index (χ3n) is 4.00. The lowest BCUT2D eigenvalue weighted by Crippen LogP contribution is -2.45. The molecule has 3 amide bonds. The van der Waals surface area contributed by atoms with Crippen molar-refractivity contribution in [1.29, 1.82) is 0 Å². The summed E-state index contributed by atoms with van der Waals surface area (Å²) >= 11 is 0. The number of sulfonamides is 1. The molecule has 0 spiro atoms. The van der Waals surface area contributed by atoms with E-state index in [1.165, 1.54) is 19.1 Å². The average Bonchev–Trinajstić information content (AvgIpc) is 2.49. The fourth-order valence-electron chi connectivity index (χ4n) is 2.74. The Morgan fingerprint density at radius 2 is 1.79 bits per heavy atom. The second-order valence-corrected chi connectivity index (χ2v) is 7.75. The van der Waals surface area contributed by atoms with E-state index in [9.17, 15) is 18.0 Å². The van der Waals surface area contributed by atoms with E-state index in [-0.39, 0.29) is 16.8 Å². The summed E-state index contributed by atoms with van der Waals surface area (Å²) in [6.07, 6.45) is 4.95. The molecule has 0 aliphatic heterocycles. The number of carbonyl (C=O) groups is 2. The highest BCUT2D eigenvalue weighted by atomic mass is 32.2. The van der Waals surface area contributed by atoms with Crippen LogP contribution in [0.2, 0.25) is 0 Å². The SMILES string of the molecule is CC(=O)Nc1cc(S(=O)(=O)NC(=O)NC2CCCCC2)ccc1C. The van der Waals surface area contributed by atoms with E-state index < -0.39 is 16.1 Å². The Morgan fingerprint density at radius 1 is 1.12 bits per heavy atom. The fourth-order valence-corrected chi connectivity index (χ4v) is 3.68. The van der Waals surface area contributed by atoms with Crippen LogP contribution in [0.3, 0.4) is 0 Å². The molecule has 0 aromatic heterocycles. The number of aryl methyl sites for hydroxylation is 1. The molecule has 1 aromatic rings. The Balaban J connectivity index is 2.08. The van der Waals surface area contributed by atoms with Crippen LogP contribution < -0.4 is 15.4 Å². The molecule has 1 aliphatic rings. The minimum absolute atomic E-state index is 0.0157. The minimum atomic E-state index is -4.00. The highest BCUT2D eigenvalue weighted by Crippen LogP contribution is 2.20. The van der Waals surface area contributed by atoms with E-state index in [0.717, 1.165) is 37.7 Å². The molecule has 0 atom stereocenters. The number of hydrogen-bond acceptors (Lipinski definition) is 4. The van der Waals surface area contributed by atoms with Crippen molar-refractivity contribution in [2.75, 3.05) is 5.32 Å². The van der Waals surface area contributed by atoms with Gasteiger partial charge in [0.1, 0.15) is 0 Å². The van der Waals surface area contributed by atoms with Gasteiger partial charge in [-0.15, -0.1) is 0 Å². The molecule has 0 radical (unpaired) electrons. The van der Waals surface area contributed by atoms with Crippen LogP contribution >= 0.6 is 0 Å². The molecule has 3 N–H and O–H groups in total. The standard InChI is InChI=1S/C16H23N3O4S/c1-11-8-9-14(10-15(11)17-12(2)20)24(22,23)19-16(21)18-13-6-4-3-5-7-13/h8-10,13H,3-7H2,1-2H3,(H,17,20)(H2,18,19,21). The number of anilines is 1. The summed E-state index contributed by atoms with van der Waals surface area (Å²) < 4.78 is 26.7. The van der Waals surface area contributed by atoms with Crippen molar-refractivity contribution in [2.24, 2.45) is 0 Å². The topological polar surface area (TPSA) is 104 Å². The maximum atomic E-state index is 12.3. The van der Waals surface area contributed by atoms with Crippen LogP contribution in [-0.2, 0) is 14.8 Å². The van der Waals surface area contributed by atoms with Gasteiger partial charge in [-0.2, -0.15) is 0 Å². The fraction of sp³-hybridized carbons (Fsp3) is 0.500. The van der Waals surface area contributed by atoms with Crippen molar-refractivity contribution < 1.29 is 18.0 Å². The minimum Gasteiger partial charge on any atom is -0.335 e. The van der Waals surface area contributed by atoms with Gasteiger partial charge in [-0.25, -0.2) is 17.9 Å². The molecule has 2 rings (SSSR count). The van der Waals surface area contributed by atoms with Crippen molar-refractivity contribution in [3.8, 4) is 0 Å². The molecule has 1 aliphatic carbocycles. The van der Waals surface area contributed by atoms with Gasteiger partial charge in [-0.3, -0.25) is 4.79 Å². The van der Waals surface area contributed by atoms with E-state index in [1.807, 2.05) is 4.72 Å². The van der Waals surface area contributed by atoms with Crippen LogP contribution in [0, 0.1) is 6.92 Å². The third kappa shape index (κ3) is 4.95. The molecule has 0 unspecified atom stereocenters. The number of amides is 3. The zero-order chi connectivity index (χ0) is 17.7. The van der Waals surface area contributed by atoms with E-state index >= 15 is 0 Å². The average molecular weight is 353 g/mol. The van der Waals surface area contributed by atoms with Crippen molar-refractivity contribution >= 4 is 27.6 Å². The zero-order valence-electron chi connectivity index (χ0n) is 13.9. The Bertz CT molecular complexity index is 725. The largest absolute Gasteiger partial charge is 0.335 e. The highest BCUT2D eigenvalue weighted by Gasteiger charge is 2.21. The van der Waals surface area contributed by atoms with Crippen molar-refractivity contribution in [3.63, 3.8) is 0 Å². The van der Waals surface area contributed by atoms with Crippen LogP contribution in [0.4, 0.5) is 10.5 Å². The van der Waals surface area contributed by atoms with Gasteiger partial charge in [0, 0.05) is 18.7 Å². The molecule has 1 saturated carbocycles. The Hall–Kier alpha value is -2.09. The van der Waals surface area contributed by atoms with Crippen LogP contribution in [0.25, 0.3) is 0 Å². The van der Waals surface area contributed by atoms with E-state index in [0.29, 0.717) is 5.69 Å². The van der Waals surface area contributed by atoms with Gasteiger partial charge >= 0.3 is 6.03 Å². The van der Waals surface area contributed by atoms with Gasteiger partial charge in [0.25, 0.3) is 10.0 Å². The maximum absolute atomic E-state index is 12.3. The Kier molecular flexibility index (Phi) is 5.82. The number of urea groups is 1. The van der Waals surface area contributed by atoms with Gasteiger partial charge in [-0.1, -0.05) is 25.3 Å². The highest BCUT2D eigenvalue weighted by molar-refractivity contribution is 7.90. The predicted molar refractivity (Wildman–Crippen MR) is 91.2 cm³/mol. The van der Waals surface area contributed by atoms with Gasteiger partial charge in [0.05, 0.1) is 4.90 Å². The first kappa shape index (κ1) is 18.3. The number of nitrogens with one attached hydrogen (secondary N) is 3. The molecule has 7 nitrogen and oxygen atoms in total. The number of benzene rings is 1. The molecular formula is C16H23N3O4S.